The van der Waals surface area contributed by atoms with Crippen molar-refractivity contribution < 1.29 is 9.47 Å². The van der Waals surface area contributed by atoms with Gasteiger partial charge in [0.05, 0.1) is 23.3 Å². The number of hydrogen-bond donors (Lipinski definition) is 0. The van der Waals surface area contributed by atoms with Crippen molar-refractivity contribution in [2.45, 2.75) is 12.8 Å². The minimum Gasteiger partial charge on any atom is -0.492 e. The zero-order valence-electron chi connectivity index (χ0n) is 9.73. The van der Waals surface area contributed by atoms with E-state index in [1.165, 1.54) is 0 Å². The summed E-state index contributed by atoms with van der Waals surface area (Å²) in [6.45, 7) is 1.01. The van der Waals surface area contributed by atoms with Crippen LogP contribution in [0.4, 0.5) is 0 Å². The molecule has 0 atom stereocenters. The molecule has 102 valence electrons. The van der Waals surface area contributed by atoms with Gasteiger partial charge in [0.2, 0.25) is 0 Å². The van der Waals surface area contributed by atoms with E-state index in [4.69, 9.17) is 55.9 Å². The molecule has 0 aliphatic carbocycles. The molecule has 1 aromatic rings. The predicted octanol–water partition coefficient (Wildman–Crippen LogP) is 5.01. The third-order valence-electron chi connectivity index (χ3n) is 2.06. The lowest BCUT2D eigenvalue weighted by molar-refractivity contribution is 0.310. The number of halogens is 4. The maximum atomic E-state index is 6.07. The highest BCUT2D eigenvalue weighted by atomic mass is 35.5. The van der Waals surface area contributed by atoms with Crippen LogP contribution >= 0.6 is 46.4 Å². The first-order valence-electron chi connectivity index (χ1n) is 5.55. The first-order valence-corrected chi connectivity index (χ1v) is 7.38. The summed E-state index contributed by atoms with van der Waals surface area (Å²) in [6, 6.07) is 3.29. The Morgan fingerprint density at radius 1 is 0.778 bits per heavy atom. The van der Waals surface area contributed by atoms with Crippen molar-refractivity contribution in [3.63, 3.8) is 0 Å². The highest BCUT2D eigenvalue weighted by Crippen LogP contribution is 2.35. The summed E-state index contributed by atoms with van der Waals surface area (Å²) in [5.74, 6) is 2.17. The van der Waals surface area contributed by atoms with Gasteiger partial charge in [-0.3, -0.25) is 0 Å². The van der Waals surface area contributed by atoms with E-state index in [0.29, 0.717) is 46.5 Å². The monoisotopic (exact) mass is 330 g/mol. The highest BCUT2D eigenvalue weighted by Gasteiger charge is 2.09. The van der Waals surface area contributed by atoms with Gasteiger partial charge >= 0.3 is 0 Å². The summed E-state index contributed by atoms with van der Waals surface area (Å²) in [5, 5.41) is 0.935. The van der Waals surface area contributed by atoms with Gasteiger partial charge < -0.3 is 9.47 Å². The Bertz CT molecular complexity index is 336. The first-order chi connectivity index (χ1) is 8.69. The van der Waals surface area contributed by atoms with Crippen LogP contribution in [-0.2, 0) is 0 Å². The van der Waals surface area contributed by atoms with Crippen LogP contribution in [0.3, 0.4) is 0 Å². The normalized spacial score (nSPS) is 10.4. The van der Waals surface area contributed by atoms with Crippen molar-refractivity contribution >= 4 is 46.4 Å². The largest absolute Gasteiger partial charge is 0.492 e. The van der Waals surface area contributed by atoms with Crippen LogP contribution in [0.1, 0.15) is 12.8 Å². The molecule has 0 aromatic heterocycles. The van der Waals surface area contributed by atoms with E-state index in [2.05, 4.69) is 0 Å². The molecule has 0 bridgehead atoms. The highest BCUT2D eigenvalue weighted by molar-refractivity contribution is 6.35. The molecule has 0 radical (unpaired) electrons. The van der Waals surface area contributed by atoms with Crippen LogP contribution in [0.2, 0.25) is 10.0 Å². The van der Waals surface area contributed by atoms with E-state index in [9.17, 15) is 0 Å². The van der Waals surface area contributed by atoms with Gasteiger partial charge in [0, 0.05) is 23.9 Å². The van der Waals surface area contributed by atoms with Crippen molar-refractivity contribution in [3.05, 3.63) is 22.2 Å². The second kappa shape index (κ2) is 8.98. The molecule has 2 nitrogen and oxygen atoms in total. The predicted molar refractivity (Wildman–Crippen MR) is 78.1 cm³/mol. The van der Waals surface area contributed by atoms with Crippen molar-refractivity contribution in [1.29, 1.82) is 0 Å². The van der Waals surface area contributed by atoms with E-state index in [1.807, 2.05) is 0 Å². The zero-order valence-corrected chi connectivity index (χ0v) is 12.7. The summed E-state index contributed by atoms with van der Waals surface area (Å²) >= 11 is 23.3. The van der Waals surface area contributed by atoms with Crippen molar-refractivity contribution in [2.24, 2.45) is 0 Å². The fourth-order valence-corrected chi connectivity index (χ4v) is 1.84. The fourth-order valence-electron chi connectivity index (χ4n) is 1.20. The number of rotatable bonds is 8. The Morgan fingerprint density at radius 2 is 1.17 bits per heavy atom. The van der Waals surface area contributed by atoms with E-state index in [0.717, 1.165) is 12.8 Å². The molecule has 1 aromatic carbocycles. The zero-order chi connectivity index (χ0) is 13.4. The van der Waals surface area contributed by atoms with Crippen LogP contribution in [0, 0.1) is 0 Å². The van der Waals surface area contributed by atoms with Gasteiger partial charge in [-0.1, -0.05) is 23.2 Å². The summed E-state index contributed by atoms with van der Waals surface area (Å²) in [5.41, 5.74) is 0. The number of benzene rings is 1. The lowest BCUT2D eigenvalue weighted by atomic mass is 10.3. The smallest absolute Gasteiger partial charge is 0.139 e. The minimum absolute atomic E-state index is 0.467. The first kappa shape index (κ1) is 16.0. The quantitative estimate of drug-likeness (QED) is 0.492. The molecule has 0 saturated carbocycles. The molecule has 0 N–H and O–H groups in total. The average Bonchev–Trinajstić information content (AvgIpc) is 2.35. The molecule has 0 fully saturated rings. The molecule has 1 rings (SSSR count). The van der Waals surface area contributed by atoms with Crippen molar-refractivity contribution in [1.82, 2.24) is 0 Å². The van der Waals surface area contributed by atoms with E-state index < -0.39 is 0 Å². The molecule has 0 amide bonds. The van der Waals surface area contributed by atoms with Gasteiger partial charge in [0.25, 0.3) is 0 Å². The Balaban J connectivity index is 2.64. The van der Waals surface area contributed by atoms with Crippen LogP contribution in [0.25, 0.3) is 0 Å². The van der Waals surface area contributed by atoms with Gasteiger partial charge in [-0.25, -0.2) is 0 Å². The standard InChI is InChI=1S/C12H14Cl4O2/c13-3-1-5-17-11-7-10(16)12(8-9(11)15)18-6-2-4-14/h7-8H,1-6H2. The van der Waals surface area contributed by atoms with Gasteiger partial charge in [0.15, 0.2) is 0 Å². The molecular weight excluding hydrogens is 318 g/mol. The molecular formula is C12H14Cl4O2. The van der Waals surface area contributed by atoms with E-state index >= 15 is 0 Å². The maximum absolute atomic E-state index is 6.07. The van der Waals surface area contributed by atoms with Crippen LogP contribution < -0.4 is 9.47 Å². The molecule has 0 spiro atoms. The average molecular weight is 332 g/mol. The molecule has 0 saturated heterocycles. The SMILES string of the molecule is ClCCCOc1cc(Cl)c(OCCCCl)cc1Cl. The molecule has 0 aliphatic heterocycles. The minimum atomic E-state index is 0.467. The van der Waals surface area contributed by atoms with Gasteiger partial charge in [0.1, 0.15) is 11.5 Å². The molecule has 6 heteroatoms. The van der Waals surface area contributed by atoms with Crippen LogP contribution in [0.5, 0.6) is 11.5 Å². The van der Waals surface area contributed by atoms with Crippen LogP contribution in [-0.4, -0.2) is 25.0 Å². The Labute approximate surface area is 127 Å². The fraction of sp³-hybridized carbons (Fsp3) is 0.500. The van der Waals surface area contributed by atoms with Gasteiger partial charge in [-0.05, 0) is 12.8 Å². The Hall–Kier alpha value is -0.0200. The number of alkyl halides is 2. The molecule has 0 aliphatic rings. The van der Waals surface area contributed by atoms with Crippen molar-refractivity contribution in [2.75, 3.05) is 25.0 Å². The summed E-state index contributed by atoms with van der Waals surface area (Å²) in [4.78, 5) is 0. The van der Waals surface area contributed by atoms with Gasteiger partial charge in [-0.2, -0.15) is 0 Å². The second-order valence-electron chi connectivity index (χ2n) is 3.50. The molecule has 18 heavy (non-hydrogen) atoms. The van der Waals surface area contributed by atoms with Crippen LogP contribution in [0.15, 0.2) is 12.1 Å². The Kier molecular flexibility index (Phi) is 8.00. The third kappa shape index (κ3) is 5.31. The maximum Gasteiger partial charge on any atom is 0.139 e. The molecule has 0 heterocycles. The summed E-state index contributed by atoms with van der Waals surface area (Å²) in [7, 11) is 0. The topological polar surface area (TPSA) is 18.5 Å². The number of hydrogen-bond acceptors (Lipinski definition) is 2. The van der Waals surface area contributed by atoms with Crippen molar-refractivity contribution in [3.8, 4) is 11.5 Å². The summed E-state index contributed by atoms with van der Waals surface area (Å²) < 4.78 is 10.9. The lowest BCUT2D eigenvalue weighted by Crippen LogP contribution is -2.01. The summed E-state index contributed by atoms with van der Waals surface area (Å²) in [6.07, 6.45) is 1.51. The van der Waals surface area contributed by atoms with E-state index in [-0.39, 0.29) is 0 Å². The lowest BCUT2D eigenvalue weighted by Gasteiger charge is -2.12. The van der Waals surface area contributed by atoms with E-state index in [1.54, 1.807) is 12.1 Å². The third-order valence-corrected chi connectivity index (χ3v) is 3.18. The second-order valence-corrected chi connectivity index (χ2v) is 5.07. The Morgan fingerprint density at radius 3 is 1.50 bits per heavy atom. The molecule has 0 unspecified atom stereocenters. The van der Waals surface area contributed by atoms with Gasteiger partial charge in [-0.15, -0.1) is 23.2 Å². The number of ether oxygens (including phenoxy) is 2.